The molecule has 0 fully saturated rings. The molecule has 0 amide bonds. The van der Waals surface area contributed by atoms with Crippen LogP contribution in [-0.4, -0.2) is 19.0 Å². The van der Waals surface area contributed by atoms with Crippen LogP contribution in [0.1, 0.15) is 12.5 Å². The molecule has 0 heterocycles. The summed E-state index contributed by atoms with van der Waals surface area (Å²) in [5.41, 5.74) is 7.88. The number of nitrogens with two attached hydrogens (primary N) is 1. The van der Waals surface area contributed by atoms with E-state index in [1.807, 2.05) is 50.2 Å². The molecule has 21 heavy (non-hydrogen) atoms. The molecule has 0 aliphatic carbocycles. The molecule has 112 valence electrons. The van der Waals surface area contributed by atoms with Gasteiger partial charge in [-0.3, -0.25) is 0 Å². The van der Waals surface area contributed by atoms with E-state index in [0.717, 1.165) is 28.5 Å². The zero-order valence-corrected chi connectivity index (χ0v) is 13.3. The number of para-hydroxylation sites is 2. The van der Waals surface area contributed by atoms with Gasteiger partial charge in [-0.1, -0.05) is 18.2 Å². The molecule has 2 rings (SSSR count). The Bertz CT molecular complexity index is 587. The fourth-order valence-corrected chi connectivity index (χ4v) is 2.83. The first-order valence-corrected chi connectivity index (χ1v) is 8.03. The van der Waals surface area contributed by atoms with Crippen molar-refractivity contribution < 1.29 is 9.47 Å². The van der Waals surface area contributed by atoms with E-state index in [-0.39, 0.29) is 0 Å². The average Bonchev–Trinajstić information content (AvgIpc) is 2.49. The van der Waals surface area contributed by atoms with E-state index in [2.05, 4.69) is 6.07 Å². The maximum atomic E-state index is 5.91. The molecular weight excluding hydrogens is 282 g/mol. The van der Waals surface area contributed by atoms with Crippen LogP contribution >= 0.6 is 11.8 Å². The fraction of sp³-hybridized carbons (Fsp3) is 0.294. The molecule has 0 unspecified atom stereocenters. The van der Waals surface area contributed by atoms with Crippen LogP contribution in [0, 0.1) is 6.92 Å². The van der Waals surface area contributed by atoms with Gasteiger partial charge in [0.15, 0.2) is 11.5 Å². The lowest BCUT2D eigenvalue weighted by molar-refractivity contribution is 0.289. The van der Waals surface area contributed by atoms with Gasteiger partial charge in [0.1, 0.15) is 0 Å². The Hall–Kier alpha value is -1.81. The number of hydrogen-bond donors (Lipinski definition) is 1. The van der Waals surface area contributed by atoms with Crippen molar-refractivity contribution in [2.24, 2.45) is 0 Å². The summed E-state index contributed by atoms with van der Waals surface area (Å²) < 4.78 is 11.3. The van der Waals surface area contributed by atoms with E-state index in [9.17, 15) is 0 Å². The molecule has 0 saturated carbocycles. The molecule has 3 nitrogen and oxygen atoms in total. The third kappa shape index (κ3) is 4.33. The van der Waals surface area contributed by atoms with Gasteiger partial charge in [-0.25, -0.2) is 0 Å². The van der Waals surface area contributed by atoms with Crippen molar-refractivity contribution in [1.29, 1.82) is 0 Å². The van der Waals surface area contributed by atoms with Gasteiger partial charge in [-0.05, 0) is 43.7 Å². The lowest BCUT2D eigenvalue weighted by Crippen LogP contribution is -2.03. The Morgan fingerprint density at radius 3 is 2.43 bits per heavy atom. The summed E-state index contributed by atoms with van der Waals surface area (Å²) >= 11 is 1.75. The molecule has 0 aliphatic rings. The number of hydrogen-bond acceptors (Lipinski definition) is 4. The van der Waals surface area contributed by atoms with E-state index in [1.54, 1.807) is 11.8 Å². The standard InChI is InChI=1S/C17H21NO2S/c1-3-19-15-8-4-5-9-16(15)20-11-12-21-17-10-6-7-14(18)13(17)2/h4-10H,3,11-12,18H2,1-2H3. The topological polar surface area (TPSA) is 44.5 Å². The van der Waals surface area contributed by atoms with Crippen molar-refractivity contribution in [3.8, 4) is 11.5 Å². The molecule has 2 aromatic rings. The highest BCUT2D eigenvalue weighted by atomic mass is 32.2. The summed E-state index contributed by atoms with van der Waals surface area (Å²) in [6.45, 7) is 5.28. The first kappa shape index (κ1) is 15.6. The monoisotopic (exact) mass is 303 g/mol. The van der Waals surface area contributed by atoms with Gasteiger partial charge in [0, 0.05) is 16.3 Å². The number of ether oxygens (including phenoxy) is 2. The van der Waals surface area contributed by atoms with Crippen LogP contribution < -0.4 is 15.2 Å². The van der Waals surface area contributed by atoms with E-state index >= 15 is 0 Å². The Labute approximate surface area is 130 Å². The van der Waals surface area contributed by atoms with Crippen molar-refractivity contribution in [3.63, 3.8) is 0 Å². The lowest BCUT2D eigenvalue weighted by atomic mass is 10.2. The summed E-state index contributed by atoms with van der Waals surface area (Å²) in [7, 11) is 0. The summed E-state index contributed by atoms with van der Waals surface area (Å²) in [5, 5.41) is 0. The highest BCUT2D eigenvalue weighted by molar-refractivity contribution is 7.99. The van der Waals surface area contributed by atoms with Gasteiger partial charge in [0.2, 0.25) is 0 Å². The average molecular weight is 303 g/mol. The van der Waals surface area contributed by atoms with Crippen molar-refractivity contribution in [2.75, 3.05) is 24.7 Å². The van der Waals surface area contributed by atoms with Crippen LogP contribution in [0.15, 0.2) is 47.4 Å². The third-order valence-electron chi connectivity index (χ3n) is 3.07. The second-order valence-electron chi connectivity index (χ2n) is 4.55. The van der Waals surface area contributed by atoms with Crippen LogP contribution in [0.2, 0.25) is 0 Å². The van der Waals surface area contributed by atoms with E-state index in [4.69, 9.17) is 15.2 Å². The minimum Gasteiger partial charge on any atom is -0.490 e. The summed E-state index contributed by atoms with van der Waals surface area (Å²) in [6.07, 6.45) is 0. The highest BCUT2D eigenvalue weighted by Gasteiger charge is 2.05. The van der Waals surface area contributed by atoms with Gasteiger partial charge >= 0.3 is 0 Å². The zero-order valence-electron chi connectivity index (χ0n) is 12.5. The predicted octanol–water partition coefficient (Wildman–Crippen LogP) is 4.15. The van der Waals surface area contributed by atoms with E-state index in [1.165, 1.54) is 4.90 Å². The Morgan fingerprint density at radius 1 is 1.00 bits per heavy atom. The number of rotatable bonds is 7. The van der Waals surface area contributed by atoms with Gasteiger partial charge in [0.05, 0.1) is 13.2 Å². The fourth-order valence-electron chi connectivity index (χ4n) is 1.94. The number of benzene rings is 2. The molecule has 0 radical (unpaired) electrons. The molecule has 0 spiro atoms. The first-order chi connectivity index (χ1) is 10.2. The smallest absolute Gasteiger partial charge is 0.161 e. The minimum atomic E-state index is 0.628. The van der Waals surface area contributed by atoms with Crippen LogP contribution in [0.25, 0.3) is 0 Å². The quantitative estimate of drug-likeness (QED) is 0.474. The second-order valence-corrected chi connectivity index (χ2v) is 5.68. The summed E-state index contributed by atoms with van der Waals surface area (Å²) in [5.74, 6) is 2.46. The van der Waals surface area contributed by atoms with Crippen molar-refractivity contribution in [2.45, 2.75) is 18.7 Å². The molecule has 0 aromatic heterocycles. The summed E-state index contributed by atoms with van der Waals surface area (Å²) in [6, 6.07) is 13.7. The SMILES string of the molecule is CCOc1ccccc1OCCSc1cccc(N)c1C. The van der Waals surface area contributed by atoms with Crippen LogP contribution in [-0.2, 0) is 0 Å². The van der Waals surface area contributed by atoms with Crippen molar-refractivity contribution in [3.05, 3.63) is 48.0 Å². The van der Waals surface area contributed by atoms with Crippen LogP contribution in [0.5, 0.6) is 11.5 Å². The van der Waals surface area contributed by atoms with Gasteiger partial charge < -0.3 is 15.2 Å². The largest absolute Gasteiger partial charge is 0.490 e. The molecule has 2 N–H and O–H groups in total. The number of thioether (sulfide) groups is 1. The van der Waals surface area contributed by atoms with E-state index in [0.29, 0.717) is 13.2 Å². The summed E-state index contributed by atoms with van der Waals surface area (Å²) in [4.78, 5) is 1.21. The van der Waals surface area contributed by atoms with Crippen LogP contribution in [0.4, 0.5) is 5.69 Å². The zero-order chi connectivity index (χ0) is 15.1. The number of anilines is 1. The lowest BCUT2D eigenvalue weighted by Gasteiger charge is -2.12. The van der Waals surface area contributed by atoms with Gasteiger partial charge in [-0.2, -0.15) is 0 Å². The first-order valence-electron chi connectivity index (χ1n) is 7.05. The Morgan fingerprint density at radius 2 is 1.71 bits per heavy atom. The number of nitrogen functional groups attached to an aromatic ring is 1. The molecule has 0 saturated heterocycles. The van der Waals surface area contributed by atoms with Crippen LogP contribution in [0.3, 0.4) is 0 Å². The van der Waals surface area contributed by atoms with Gasteiger partial charge in [0.25, 0.3) is 0 Å². The van der Waals surface area contributed by atoms with E-state index < -0.39 is 0 Å². The molecule has 2 aromatic carbocycles. The maximum Gasteiger partial charge on any atom is 0.161 e. The normalized spacial score (nSPS) is 10.4. The molecule has 4 heteroatoms. The molecule has 0 aliphatic heterocycles. The van der Waals surface area contributed by atoms with Crippen molar-refractivity contribution in [1.82, 2.24) is 0 Å². The second kappa shape index (κ2) is 7.84. The third-order valence-corrected chi connectivity index (χ3v) is 4.20. The molecule has 0 atom stereocenters. The Kier molecular flexibility index (Phi) is 5.81. The maximum absolute atomic E-state index is 5.91. The molecular formula is C17H21NO2S. The molecule has 0 bridgehead atoms. The van der Waals surface area contributed by atoms with Gasteiger partial charge in [-0.15, -0.1) is 11.8 Å². The predicted molar refractivity (Wildman–Crippen MR) is 89.4 cm³/mol. The minimum absolute atomic E-state index is 0.628. The Balaban J connectivity index is 1.86. The van der Waals surface area contributed by atoms with Crippen molar-refractivity contribution >= 4 is 17.4 Å². The highest BCUT2D eigenvalue weighted by Crippen LogP contribution is 2.28.